The van der Waals surface area contributed by atoms with Gasteiger partial charge in [0.05, 0.1) is 19.1 Å². The zero-order chi connectivity index (χ0) is 16.8. The topological polar surface area (TPSA) is 96.4 Å². The molecule has 1 N–H and O–H groups in total. The van der Waals surface area contributed by atoms with Gasteiger partial charge in [-0.25, -0.2) is 0 Å². The Morgan fingerprint density at radius 3 is 2.23 bits per heavy atom. The Bertz CT molecular complexity index is 447. The number of rotatable bonds is 9. The van der Waals surface area contributed by atoms with Crippen LogP contribution in [0.2, 0.25) is 0 Å². The SMILES string of the molecule is COCCN(CCOC)S(=O)(=O)N1CC(C)CC(C(=O)O)C1. The Morgan fingerprint density at radius 1 is 1.23 bits per heavy atom. The summed E-state index contributed by atoms with van der Waals surface area (Å²) >= 11 is 0. The van der Waals surface area contributed by atoms with Crippen LogP contribution in [0.25, 0.3) is 0 Å². The second-order valence-corrected chi connectivity index (χ2v) is 7.51. The summed E-state index contributed by atoms with van der Waals surface area (Å²) in [5, 5.41) is 9.19. The first-order valence-electron chi connectivity index (χ1n) is 7.28. The maximum atomic E-state index is 12.8. The van der Waals surface area contributed by atoms with Gasteiger partial charge in [0, 0.05) is 40.4 Å². The molecule has 0 aromatic rings. The zero-order valence-corrected chi connectivity index (χ0v) is 14.2. The first-order valence-corrected chi connectivity index (χ1v) is 8.68. The van der Waals surface area contributed by atoms with E-state index in [1.54, 1.807) is 0 Å². The van der Waals surface area contributed by atoms with Crippen molar-refractivity contribution in [1.82, 2.24) is 8.61 Å². The van der Waals surface area contributed by atoms with Gasteiger partial charge in [-0.1, -0.05) is 6.92 Å². The van der Waals surface area contributed by atoms with E-state index in [4.69, 9.17) is 9.47 Å². The van der Waals surface area contributed by atoms with Gasteiger partial charge in [0.25, 0.3) is 10.2 Å². The number of piperidine rings is 1. The Balaban J connectivity index is 2.88. The Labute approximate surface area is 132 Å². The Kier molecular flexibility index (Phi) is 7.70. The molecular weight excluding hydrogens is 312 g/mol. The number of hydrogen-bond acceptors (Lipinski definition) is 5. The molecule has 0 aliphatic carbocycles. The lowest BCUT2D eigenvalue weighted by Gasteiger charge is -2.36. The maximum Gasteiger partial charge on any atom is 0.307 e. The van der Waals surface area contributed by atoms with Crippen molar-refractivity contribution in [3.05, 3.63) is 0 Å². The summed E-state index contributed by atoms with van der Waals surface area (Å²) in [6, 6.07) is 0. The third kappa shape index (κ3) is 5.17. The van der Waals surface area contributed by atoms with Gasteiger partial charge in [0.2, 0.25) is 0 Å². The summed E-state index contributed by atoms with van der Waals surface area (Å²) < 4.78 is 38.0. The quantitative estimate of drug-likeness (QED) is 0.629. The van der Waals surface area contributed by atoms with Crippen LogP contribution in [0.1, 0.15) is 13.3 Å². The molecule has 1 fully saturated rings. The van der Waals surface area contributed by atoms with Crippen molar-refractivity contribution in [3.8, 4) is 0 Å². The number of carboxylic acids is 1. The van der Waals surface area contributed by atoms with Crippen LogP contribution in [0.3, 0.4) is 0 Å². The van der Waals surface area contributed by atoms with E-state index in [1.165, 1.54) is 22.8 Å². The van der Waals surface area contributed by atoms with Crippen molar-refractivity contribution in [3.63, 3.8) is 0 Å². The number of carbonyl (C=O) groups is 1. The van der Waals surface area contributed by atoms with E-state index in [9.17, 15) is 18.3 Å². The molecule has 0 aromatic heterocycles. The normalized spacial score (nSPS) is 23.8. The fourth-order valence-electron chi connectivity index (χ4n) is 2.56. The molecule has 0 amide bonds. The highest BCUT2D eigenvalue weighted by Gasteiger charge is 2.38. The highest BCUT2D eigenvalue weighted by Crippen LogP contribution is 2.25. The van der Waals surface area contributed by atoms with E-state index in [-0.39, 0.29) is 38.8 Å². The van der Waals surface area contributed by atoms with E-state index >= 15 is 0 Å². The number of ether oxygens (including phenoxy) is 2. The van der Waals surface area contributed by atoms with Crippen molar-refractivity contribution in [2.75, 3.05) is 53.6 Å². The molecule has 1 aliphatic rings. The van der Waals surface area contributed by atoms with Crippen molar-refractivity contribution in [1.29, 1.82) is 0 Å². The van der Waals surface area contributed by atoms with Crippen LogP contribution in [0, 0.1) is 11.8 Å². The predicted octanol–water partition coefficient (Wildman–Crippen LogP) is -0.131. The third-order valence-electron chi connectivity index (χ3n) is 3.72. The lowest BCUT2D eigenvalue weighted by Crippen LogP contribution is -2.52. The van der Waals surface area contributed by atoms with Crippen LogP contribution >= 0.6 is 0 Å². The van der Waals surface area contributed by atoms with Crippen molar-refractivity contribution < 1.29 is 27.8 Å². The predicted molar refractivity (Wildman–Crippen MR) is 80.7 cm³/mol. The van der Waals surface area contributed by atoms with Gasteiger partial charge < -0.3 is 14.6 Å². The highest BCUT2D eigenvalue weighted by molar-refractivity contribution is 7.86. The van der Waals surface area contributed by atoms with Crippen LogP contribution in [-0.4, -0.2) is 81.7 Å². The van der Waals surface area contributed by atoms with Gasteiger partial charge in [-0.15, -0.1) is 0 Å². The molecule has 9 heteroatoms. The minimum Gasteiger partial charge on any atom is -0.481 e. The van der Waals surface area contributed by atoms with Crippen LogP contribution in [0.4, 0.5) is 0 Å². The van der Waals surface area contributed by atoms with Crippen LogP contribution in [0.5, 0.6) is 0 Å². The smallest absolute Gasteiger partial charge is 0.307 e. The van der Waals surface area contributed by atoms with Crippen molar-refractivity contribution >= 4 is 16.2 Å². The van der Waals surface area contributed by atoms with Crippen molar-refractivity contribution in [2.45, 2.75) is 13.3 Å². The fourth-order valence-corrected chi connectivity index (χ4v) is 4.31. The van der Waals surface area contributed by atoms with Crippen LogP contribution in [0.15, 0.2) is 0 Å². The first kappa shape index (κ1) is 19.3. The Morgan fingerprint density at radius 2 is 1.77 bits per heavy atom. The molecule has 8 nitrogen and oxygen atoms in total. The van der Waals surface area contributed by atoms with Gasteiger partial charge in [0.1, 0.15) is 0 Å². The molecule has 0 aromatic carbocycles. The van der Waals surface area contributed by atoms with Crippen molar-refractivity contribution in [2.24, 2.45) is 11.8 Å². The van der Waals surface area contributed by atoms with Gasteiger partial charge in [-0.2, -0.15) is 17.0 Å². The van der Waals surface area contributed by atoms with Gasteiger partial charge in [0.15, 0.2) is 0 Å². The number of nitrogens with zero attached hydrogens (tertiary/aromatic N) is 2. The van der Waals surface area contributed by atoms with Crippen LogP contribution < -0.4 is 0 Å². The second kappa shape index (κ2) is 8.78. The zero-order valence-electron chi connectivity index (χ0n) is 13.4. The number of hydrogen-bond donors (Lipinski definition) is 1. The van der Waals surface area contributed by atoms with Gasteiger partial charge in [-0.05, 0) is 12.3 Å². The molecule has 2 unspecified atom stereocenters. The maximum absolute atomic E-state index is 12.8. The number of carboxylic acid groups (broad SMARTS) is 1. The molecule has 1 aliphatic heterocycles. The first-order chi connectivity index (χ1) is 10.3. The minimum atomic E-state index is -3.72. The number of methoxy groups -OCH3 is 2. The van der Waals surface area contributed by atoms with Gasteiger partial charge in [-0.3, -0.25) is 4.79 Å². The largest absolute Gasteiger partial charge is 0.481 e. The van der Waals surface area contributed by atoms with E-state index in [0.717, 1.165) is 0 Å². The molecule has 1 rings (SSSR count). The van der Waals surface area contributed by atoms with Crippen LogP contribution in [-0.2, 0) is 24.5 Å². The average molecular weight is 338 g/mol. The number of aliphatic carboxylic acids is 1. The minimum absolute atomic E-state index is 0.0105. The average Bonchev–Trinajstić information content (AvgIpc) is 2.46. The van der Waals surface area contributed by atoms with Gasteiger partial charge >= 0.3 is 5.97 Å². The standard InChI is InChI=1S/C13H26N2O6S/c1-11-8-12(13(16)17)10-15(9-11)22(18,19)14(4-6-20-2)5-7-21-3/h11-12H,4-10H2,1-3H3,(H,16,17). The van der Waals surface area contributed by atoms with E-state index in [0.29, 0.717) is 13.0 Å². The highest BCUT2D eigenvalue weighted by atomic mass is 32.2. The molecule has 1 heterocycles. The van der Waals surface area contributed by atoms with E-state index in [1.807, 2.05) is 6.92 Å². The second-order valence-electron chi connectivity index (χ2n) is 5.59. The molecule has 22 heavy (non-hydrogen) atoms. The fraction of sp³-hybridized carbons (Fsp3) is 0.923. The molecule has 0 spiro atoms. The molecule has 0 radical (unpaired) electrons. The lowest BCUT2D eigenvalue weighted by atomic mass is 9.92. The summed E-state index contributed by atoms with van der Waals surface area (Å²) in [6.07, 6.45) is 0.498. The molecule has 130 valence electrons. The third-order valence-corrected chi connectivity index (χ3v) is 5.69. The summed E-state index contributed by atoms with van der Waals surface area (Å²) in [5.74, 6) is -1.60. The monoisotopic (exact) mass is 338 g/mol. The van der Waals surface area contributed by atoms with E-state index in [2.05, 4.69) is 0 Å². The summed E-state index contributed by atoms with van der Waals surface area (Å²) in [4.78, 5) is 11.2. The Hall–Kier alpha value is -0.740. The molecule has 0 saturated carbocycles. The molecule has 1 saturated heterocycles. The van der Waals surface area contributed by atoms with E-state index < -0.39 is 22.1 Å². The molecule has 2 atom stereocenters. The summed E-state index contributed by atoms with van der Waals surface area (Å²) in [6.45, 7) is 3.19. The summed E-state index contributed by atoms with van der Waals surface area (Å²) in [5.41, 5.74) is 0. The summed E-state index contributed by atoms with van der Waals surface area (Å²) in [7, 11) is -0.716. The lowest BCUT2D eigenvalue weighted by molar-refractivity contribution is -0.143. The molecular formula is C13H26N2O6S. The molecule has 0 bridgehead atoms.